The smallest absolute Gasteiger partial charge is 0.183 e. The molecular formula is C19H12N6. The molecule has 2 aromatic carbocycles. The minimum Gasteiger partial charge on any atom is -0.381 e. The molecule has 0 spiro atoms. The molecule has 0 saturated heterocycles. The number of benzene rings is 2. The Labute approximate surface area is 143 Å². The maximum Gasteiger partial charge on any atom is 0.183 e. The van der Waals surface area contributed by atoms with E-state index in [1.54, 1.807) is 6.20 Å². The lowest BCUT2D eigenvalue weighted by Crippen LogP contribution is -2.03. The lowest BCUT2D eigenvalue weighted by atomic mass is 10.0. The standard InChI is InChI=1S/C19H12N6/c20-9-16-19(21)25-17(12-4-2-1-3-5-12)18(24-16)13-6-7-15-14(8-13)10-22-11-23-15/h1-8,10-11H,(H2,21,25). The molecular weight excluding hydrogens is 312 g/mol. The topological polar surface area (TPSA) is 101 Å². The van der Waals surface area contributed by atoms with Crippen molar-refractivity contribution in [1.82, 2.24) is 19.9 Å². The predicted octanol–water partition coefficient (Wildman–Crippen LogP) is 3.21. The summed E-state index contributed by atoms with van der Waals surface area (Å²) in [5, 5.41) is 10.2. The molecule has 0 saturated carbocycles. The van der Waals surface area contributed by atoms with Crippen LogP contribution in [0.15, 0.2) is 61.1 Å². The summed E-state index contributed by atoms with van der Waals surface area (Å²) in [5.74, 6) is 0.120. The first kappa shape index (κ1) is 14.7. The molecule has 25 heavy (non-hydrogen) atoms. The monoisotopic (exact) mass is 324 g/mol. The average Bonchev–Trinajstić information content (AvgIpc) is 2.68. The molecule has 2 N–H and O–H groups in total. The SMILES string of the molecule is N#Cc1nc(-c2ccc3ncncc3c2)c(-c2ccccc2)nc1N. The summed E-state index contributed by atoms with van der Waals surface area (Å²) in [6, 6.07) is 17.4. The van der Waals surface area contributed by atoms with Crippen LogP contribution >= 0.6 is 0 Å². The molecule has 0 bridgehead atoms. The lowest BCUT2D eigenvalue weighted by molar-refractivity contribution is 1.18. The van der Waals surface area contributed by atoms with Gasteiger partial charge in [0, 0.05) is 22.7 Å². The van der Waals surface area contributed by atoms with Crippen LogP contribution in [0.3, 0.4) is 0 Å². The summed E-state index contributed by atoms with van der Waals surface area (Å²) >= 11 is 0. The number of aromatic nitrogens is 4. The Morgan fingerprint density at radius 1 is 0.920 bits per heavy atom. The number of hydrogen-bond donors (Lipinski definition) is 1. The van der Waals surface area contributed by atoms with Gasteiger partial charge in [-0.1, -0.05) is 36.4 Å². The van der Waals surface area contributed by atoms with E-state index in [2.05, 4.69) is 19.9 Å². The molecule has 4 aromatic rings. The van der Waals surface area contributed by atoms with Gasteiger partial charge in [0.15, 0.2) is 11.5 Å². The van der Waals surface area contributed by atoms with Gasteiger partial charge in [0.1, 0.15) is 12.4 Å². The number of nitriles is 1. The van der Waals surface area contributed by atoms with E-state index in [1.807, 2.05) is 54.6 Å². The van der Waals surface area contributed by atoms with E-state index >= 15 is 0 Å². The van der Waals surface area contributed by atoms with Crippen molar-refractivity contribution in [3.63, 3.8) is 0 Å². The van der Waals surface area contributed by atoms with Crippen LogP contribution in [0.5, 0.6) is 0 Å². The summed E-state index contributed by atoms with van der Waals surface area (Å²) in [5.41, 5.74) is 9.77. The van der Waals surface area contributed by atoms with Gasteiger partial charge in [0.2, 0.25) is 0 Å². The van der Waals surface area contributed by atoms with Crippen LogP contribution in [0, 0.1) is 11.3 Å². The minimum atomic E-state index is 0.110. The highest BCUT2D eigenvalue weighted by Crippen LogP contribution is 2.31. The fourth-order valence-electron chi connectivity index (χ4n) is 2.66. The van der Waals surface area contributed by atoms with Gasteiger partial charge in [-0.05, 0) is 12.1 Å². The van der Waals surface area contributed by atoms with Crippen LogP contribution in [-0.4, -0.2) is 19.9 Å². The van der Waals surface area contributed by atoms with E-state index in [0.717, 1.165) is 22.0 Å². The highest BCUT2D eigenvalue weighted by Gasteiger charge is 2.15. The number of nitrogens with two attached hydrogens (primary N) is 1. The van der Waals surface area contributed by atoms with Gasteiger partial charge in [0.05, 0.1) is 16.9 Å². The van der Waals surface area contributed by atoms with Gasteiger partial charge in [-0.3, -0.25) is 0 Å². The second-order valence-electron chi connectivity index (χ2n) is 5.43. The Kier molecular flexibility index (Phi) is 3.52. The lowest BCUT2D eigenvalue weighted by Gasteiger charge is -2.11. The molecule has 6 nitrogen and oxygen atoms in total. The zero-order chi connectivity index (χ0) is 17.2. The third-order valence-corrected chi connectivity index (χ3v) is 3.85. The highest BCUT2D eigenvalue weighted by atomic mass is 14.9. The summed E-state index contributed by atoms with van der Waals surface area (Å²) in [6.07, 6.45) is 3.25. The number of hydrogen-bond acceptors (Lipinski definition) is 6. The first-order valence-corrected chi connectivity index (χ1v) is 7.59. The van der Waals surface area contributed by atoms with Crippen LogP contribution in [0.2, 0.25) is 0 Å². The second-order valence-corrected chi connectivity index (χ2v) is 5.43. The second kappa shape index (κ2) is 5.98. The van der Waals surface area contributed by atoms with Crippen molar-refractivity contribution in [3.05, 3.63) is 66.7 Å². The van der Waals surface area contributed by atoms with Crippen LogP contribution in [0.25, 0.3) is 33.4 Å². The van der Waals surface area contributed by atoms with Crippen molar-refractivity contribution in [3.8, 4) is 28.6 Å². The van der Waals surface area contributed by atoms with Crippen LogP contribution in [-0.2, 0) is 0 Å². The molecule has 0 aliphatic heterocycles. The number of nitrogens with zero attached hydrogens (tertiary/aromatic N) is 5. The van der Waals surface area contributed by atoms with Gasteiger partial charge in [-0.25, -0.2) is 19.9 Å². The Bertz CT molecular complexity index is 1120. The molecule has 0 radical (unpaired) electrons. The Morgan fingerprint density at radius 2 is 1.72 bits per heavy atom. The van der Waals surface area contributed by atoms with Crippen LogP contribution < -0.4 is 5.73 Å². The maximum absolute atomic E-state index is 9.27. The van der Waals surface area contributed by atoms with Crippen molar-refractivity contribution >= 4 is 16.7 Å². The Balaban J connectivity index is 2.00. The first-order chi connectivity index (χ1) is 12.3. The molecule has 2 aromatic heterocycles. The van der Waals surface area contributed by atoms with Crippen molar-refractivity contribution in [2.75, 3.05) is 5.73 Å². The summed E-state index contributed by atoms with van der Waals surface area (Å²) in [7, 11) is 0. The first-order valence-electron chi connectivity index (χ1n) is 7.59. The van der Waals surface area contributed by atoms with Crippen molar-refractivity contribution < 1.29 is 0 Å². The molecule has 118 valence electrons. The van der Waals surface area contributed by atoms with E-state index in [0.29, 0.717) is 11.4 Å². The fourth-order valence-corrected chi connectivity index (χ4v) is 2.66. The predicted molar refractivity (Wildman–Crippen MR) is 95.1 cm³/mol. The van der Waals surface area contributed by atoms with E-state index in [1.165, 1.54) is 6.33 Å². The number of nitrogen functional groups attached to an aromatic ring is 1. The van der Waals surface area contributed by atoms with E-state index in [9.17, 15) is 5.26 Å². The summed E-state index contributed by atoms with van der Waals surface area (Å²) in [4.78, 5) is 17.2. The molecule has 6 heteroatoms. The van der Waals surface area contributed by atoms with E-state index in [4.69, 9.17) is 5.73 Å². The van der Waals surface area contributed by atoms with Crippen molar-refractivity contribution in [2.45, 2.75) is 0 Å². The Hall–Kier alpha value is -3.85. The van der Waals surface area contributed by atoms with Crippen LogP contribution in [0.1, 0.15) is 5.69 Å². The maximum atomic E-state index is 9.27. The molecule has 4 rings (SSSR count). The quantitative estimate of drug-likeness (QED) is 0.607. The zero-order valence-electron chi connectivity index (χ0n) is 13.1. The molecule has 0 unspecified atom stereocenters. The third kappa shape index (κ3) is 2.64. The molecule has 0 aliphatic carbocycles. The normalized spacial score (nSPS) is 10.5. The molecule has 0 aliphatic rings. The van der Waals surface area contributed by atoms with Crippen molar-refractivity contribution in [1.29, 1.82) is 5.26 Å². The third-order valence-electron chi connectivity index (χ3n) is 3.85. The highest BCUT2D eigenvalue weighted by molar-refractivity contribution is 5.87. The molecule has 0 atom stereocenters. The van der Waals surface area contributed by atoms with Gasteiger partial charge in [0.25, 0.3) is 0 Å². The number of anilines is 1. The number of fused-ring (bicyclic) bond motifs is 1. The molecule has 2 heterocycles. The van der Waals surface area contributed by atoms with Gasteiger partial charge >= 0.3 is 0 Å². The summed E-state index contributed by atoms with van der Waals surface area (Å²) < 4.78 is 0. The minimum absolute atomic E-state index is 0.110. The van der Waals surface area contributed by atoms with E-state index in [-0.39, 0.29) is 11.5 Å². The fraction of sp³-hybridized carbons (Fsp3) is 0. The van der Waals surface area contributed by atoms with Crippen LogP contribution in [0.4, 0.5) is 5.82 Å². The Morgan fingerprint density at radius 3 is 2.52 bits per heavy atom. The molecule has 0 amide bonds. The van der Waals surface area contributed by atoms with Gasteiger partial charge < -0.3 is 5.73 Å². The summed E-state index contributed by atoms with van der Waals surface area (Å²) in [6.45, 7) is 0. The molecule has 0 fully saturated rings. The van der Waals surface area contributed by atoms with E-state index < -0.39 is 0 Å². The van der Waals surface area contributed by atoms with Crippen molar-refractivity contribution in [2.24, 2.45) is 0 Å². The van der Waals surface area contributed by atoms with Gasteiger partial charge in [-0.15, -0.1) is 0 Å². The van der Waals surface area contributed by atoms with Gasteiger partial charge in [-0.2, -0.15) is 5.26 Å². The average molecular weight is 324 g/mol. The largest absolute Gasteiger partial charge is 0.381 e. The zero-order valence-corrected chi connectivity index (χ0v) is 13.1. The number of rotatable bonds is 2.